The van der Waals surface area contributed by atoms with Crippen LogP contribution in [0.25, 0.3) is 5.65 Å². The van der Waals surface area contributed by atoms with Gasteiger partial charge in [0.25, 0.3) is 0 Å². The zero-order valence-corrected chi connectivity index (χ0v) is 8.97. The van der Waals surface area contributed by atoms with Gasteiger partial charge in [-0.2, -0.15) is 10.4 Å². The first-order valence-corrected chi connectivity index (χ1v) is 3.52. The zero-order valence-electron chi connectivity index (χ0n) is 7.34. The molecule has 14 heavy (non-hydrogen) atoms. The number of fused-ring (bicyclic) bond motifs is 1. The van der Waals surface area contributed by atoms with Crippen LogP contribution in [-0.2, 0) is 0 Å². The Labute approximate surface area is 93.4 Å². The fourth-order valence-corrected chi connectivity index (χ4v) is 1.10. The van der Waals surface area contributed by atoms with E-state index < -0.39 is 0 Å². The van der Waals surface area contributed by atoms with Gasteiger partial charge in [0, 0.05) is 6.20 Å². The van der Waals surface area contributed by atoms with Crippen molar-refractivity contribution in [2.45, 2.75) is 6.92 Å². The molecule has 0 saturated carbocycles. The molecule has 2 rings (SSSR count). The van der Waals surface area contributed by atoms with Gasteiger partial charge in [-0.3, -0.25) is 0 Å². The lowest BCUT2D eigenvalue weighted by molar-refractivity contribution is 0.931. The lowest BCUT2D eigenvalue weighted by Crippen LogP contribution is -1.91. The van der Waals surface area contributed by atoms with Crippen LogP contribution in [0.1, 0.15) is 11.3 Å². The second-order valence-corrected chi connectivity index (χ2v) is 2.51. The van der Waals surface area contributed by atoms with E-state index >= 15 is 0 Å². The third-order valence-electron chi connectivity index (χ3n) is 1.60. The molecule has 0 unspecified atom stereocenters. The van der Waals surface area contributed by atoms with Crippen molar-refractivity contribution in [2.24, 2.45) is 0 Å². The normalized spacial score (nSPS) is 8.57. The van der Waals surface area contributed by atoms with Crippen LogP contribution in [0.5, 0.6) is 0 Å². The Morgan fingerprint density at radius 3 is 2.79 bits per heavy atom. The molecule has 74 valence electrons. The molecule has 0 spiro atoms. The van der Waals surface area contributed by atoms with Crippen molar-refractivity contribution in [3.63, 3.8) is 0 Å². The van der Waals surface area contributed by atoms with Crippen molar-refractivity contribution >= 4 is 30.5 Å². The molecule has 2 aromatic heterocycles. The van der Waals surface area contributed by atoms with E-state index in [-0.39, 0.29) is 24.8 Å². The number of imidazole rings is 1. The molecule has 0 fully saturated rings. The predicted molar refractivity (Wildman–Crippen MR) is 56.9 cm³/mol. The number of hydrogen-bond donors (Lipinski definition) is 0. The molecule has 0 amide bonds. The fourth-order valence-electron chi connectivity index (χ4n) is 1.10. The van der Waals surface area contributed by atoms with Crippen molar-refractivity contribution in [2.75, 3.05) is 0 Å². The maximum absolute atomic E-state index is 8.71. The Kier molecular flexibility index (Phi) is 4.35. The Balaban J connectivity index is 0.000000845. The molecule has 0 N–H and O–H groups in total. The Bertz CT molecular complexity index is 472. The van der Waals surface area contributed by atoms with Gasteiger partial charge in [-0.05, 0) is 13.0 Å². The highest BCUT2D eigenvalue weighted by Crippen LogP contribution is 2.06. The second kappa shape index (κ2) is 4.80. The number of rotatable bonds is 0. The van der Waals surface area contributed by atoms with Crippen LogP contribution in [0.15, 0.2) is 18.5 Å². The average Bonchev–Trinajstić information content (AvgIpc) is 2.44. The van der Waals surface area contributed by atoms with Gasteiger partial charge in [-0.15, -0.1) is 24.8 Å². The highest BCUT2D eigenvalue weighted by Gasteiger charge is 2.02. The predicted octanol–water partition coefficient (Wildman–Crippen LogP) is 1.75. The Morgan fingerprint density at radius 1 is 1.43 bits per heavy atom. The van der Waals surface area contributed by atoms with Gasteiger partial charge in [-0.25, -0.2) is 9.50 Å². The van der Waals surface area contributed by atoms with Crippen LogP contribution in [0.4, 0.5) is 0 Å². The highest BCUT2D eigenvalue weighted by molar-refractivity contribution is 5.85. The molecule has 2 aromatic rings. The summed E-state index contributed by atoms with van der Waals surface area (Å²) in [7, 11) is 0. The van der Waals surface area contributed by atoms with Gasteiger partial charge in [0.2, 0.25) is 0 Å². The van der Waals surface area contributed by atoms with E-state index in [9.17, 15) is 0 Å². The van der Waals surface area contributed by atoms with E-state index in [0.29, 0.717) is 11.2 Å². The van der Waals surface area contributed by atoms with Crippen molar-refractivity contribution < 1.29 is 0 Å². The first-order valence-electron chi connectivity index (χ1n) is 3.52. The molecule has 0 radical (unpaired) electrons. The third kappa shape index (κ3) is 1.95. The van der Waals surface area contributed by atoms with Crippen molar-refractivity contribution in [1.82, 2.24) is 14.6 Å². The van der Waals surface area contributed by atoms with Gasteiger partial charge in [-0.1, -0.05) is 0 Å². The van der Waals surface area contributed by atoms with E-state index in [1.165, 1.54) is 0 Å². The Morgan fingerprint density at radius 2 is 2.14 bits per heavy atom. The third-order valence-corrected chi connectivity index (χ3v) is 1.60. The van der Waals surface area contributed by atoms with E-state index in [2.05, 4.69) is 16.2 Å². The lowest BCUT2D eigenvalue weighted by atomic mass is 10.3. The lowest BCUT2D eigenvalue weighted by Gasteiger charge is -1.90. The van der Waals surface area contributed by atoms with E-state index in [1.54, 1.807) is 23.0 Å². The first-order chi connectivity index (χ1) is 5.81. The van der Waals surface area contributed by atoms with Crippen molar-refractivity contribution in [3.8, 4) is 6.07 Å². The largest absolute Gasteiger partial charge is 0.231 e. The summed E-state index contributed by atoms with van der Waals surface area (Å²) < 4.78 is 1.61. The summed E-state index contributed by atoms with van der Waals surface area (Å²) >= 11 is 0. The van der Waals surface area contributed by atoms with Crippen LogP contribution in [0.2, 0.25) is 0 Å². The molecule has 0 aliphatic carbocycles. The molecule has 0 aromatic carbocycles. The molecular weight excluding hydrogens is 223 g/mol. The van der Waals surface area contributed by atoms with E-state index in [1.807, 2.05) is 6.92 Å². The van der Waals surface area contributed by atoms with Gasteiger partial charge < -0.3 is 0 Å². The van der Waals surface area contributed by atoms with Crippen LogP contribution in [0.3, 0.4) is 0 Å². The maximum Gasteiger partial charge on any atom is 0.171 e. The molecule has 0 bridgehead atoms. The van der Waals surface area contributed by atoms with Crippen molar-refractivity contribution in [1.29, 1.82) is 5.26 Å². The zero-order chi connectivity index (χ0) is 8.55. The Hall–Kier alpha value is -1.31. The number of aromatic nitrogens is 3. The first kappa shape index (κ1) is 12.7. The van der Waals surface area contributed by atoms with Gasteiger partial charge >= 0.3 is 0 Å². The molecular formula is C8H8Cl2N4. The molecule has 2 heterocycles. The SMILES string of the molecule is Cc1cn2nccc(C#N)c2n1.Cl.Cl. The quantitative estimate of drug-likeness (QED) is 0.694. The summed E-state index contributed by atoms with van der Waals surface area (Å²) in [5.74, 6) is 0. The highest BCUT2D eigenvalue weighted by atomic mass is 35.5. The maximum atomic E-state index is 8.71. The molecule has 6 heteroatoms. The molecule has 0 aliphatic rings. The summed E-state index contributed by atoms with van der Waals surface area (Å²) in [4.78, 5) is 4.16. The van der Waals surface area contributed by atoms with Crippen LogP contribution < -0.4 is 0 Å². The van der Waals surface area contributed by atoms with Crippen LogP contribution >= 0.6 is 24.8 Å². The van der Waals surface area contributed by atoms with Crippen molar-refractivity contribution in [3.05, 3.63) is 29.7 Å². The number of aryl methyl sites for hydroxylation is 1. The van der Waals surface area contributed by atoms with Gasteiger partial charge in [0.05, 0.1) is 17.5 Å². The summed E-state index contributed by atoms with van der Waals surface area (Å²) in [6, 6.07) is 3.71. The molecule has 0 saturated heterocycles. The minimum atomic E-state index is 0. The van der Waals surface area contributed by atoms with Gasteiger partial charge in [0.15, 0.2) is 5.65 Å². The number of halogens is 2. The minimum Gasteiger partial charge on any atom is -0.231 e. The summed E-state index contributed by atoms with van der Waals surface area (Å²) in [6.07, 6.45) is 3.38. The van der Waals surface area contributed by atoms with E-state index in [0.717, 1.165) is 5.69 Å². The van der Waals surface area contributed by atoms with Gasteiger partial charge in [0.1, 0.15) is 6.07 Å². The standard InChI is InChI=1S/C8H6N4.2ClH/c1-6-5-12-8(11-6)7(4-9)2-3-10-12;;/h2-3,5H,1H3;2*1H. The molecule has 0 atom stereocenters. The number of nitrogens with zero attached hydrogens (tertiary/aromatic N) is 4. The topological polar surface area (TPSA) is 54.0 Å². The second-order valence-electron chi connectivity index (χ2n) is 2.51. The van der Waals surface area contributed by atoms with Crippen LogP contribution in [0, 0.1) is 18.3 Å². The average molecular weight is 231 g/mol. The summed E-state index contributed by atoms with van der Waals surface area (Å²) in [6.45, 7) is 1.87. The smallest absolute Gasteiger partial charge is 0.171 e. The minimum absolute atomic E-state index is 0. The number of nitriles is 1. The molecule has 4 nitrogen and oxygen atoms in total. The molecule has 0 aliphatic heterocycles. The number of hydrogen-bond acceptors (Lipinski definition) is 3. The monoisotopic (exact) mass is 230 g/mol. The fraction of sp³-hybridized carbons (Fsp3) is 0.125. The summed E-state index contributed by atoms with van der Waals surface area (Å²) in [5, 5.41) is 12.7. The summed E-state index contributed by atoms with van der Waals surface area (Å²) in [5.41, 5.74) is 2.04. The van der Waals surface area contributed by atoms with E-state index in [4.69, 9.17) is 5.26 Å². The van der Waals surface area contributed by atoms with Crippen LogP contribution in [-0.4, -0.2) is 14.6 Å².